The Bertz CT molecular complexity index is 547. The SMILES string of the molecule is CCC(=O)NCCOCCOCC(=O)NCCOCCOCC(=O)NCCCCCC(=O)O. The third-order valence-corrected chi connectivity index (χ3v) is 4.06. The highest BCUT2D eigenvalue weighted by Crippen LogP contribution is 1.98. The van der Waals surface area contributed by atoms with Crippen molar-refractivity contribution < 1.29 is 43.2 Å². The lowest BCUT2D eigenvalue weighted by molar-refractivity contribution is -0.137. The number of carboxylic acid groups (broad SMARTS) is 1. The third kappa shape index (κ3) is 24.2. The molecule has 12 nitrogen and oxygen atoms in total. The molecule has 33 heavy (non-hydrogen) atoms. The van der Waals surface area contributed by atoms with Gasteiger partial charge in [0, 0.05) is 32.5 Å². The molecule has 0 heterocycles. The van der Waals surface area contributed by atoms with Crippen LogP contribution in [0, 0.1) is 0 Å². The summed E-state index contributed by atoms with van der Waals surface area (Å²) in [5.41, 5.74) is 0. The molecule has 0 saturated heterocycles. The molecule has 0 aromatic heterocycles. The van der Waals surface area contributed by atoms with Crippen molar-refractivity contribution in [3.8, 4) is 0 Å². The average Bonchev–Trinajstić information content (AvgIpc) is 2.79. The first-order valence-corrected chi connectivity index (χ1v) is 11.3. The smallest absolute Gasteiger partial charge is 0.303 e. The minimum Gasteiger partial charge on any atom is -0.481 e. The summed E-state index contributed by atoms with van der Waals surface area (Å²) in [5, 5.41) is 16.6. The number of ether oxygens (including phenoxy) is 4. The van der Waals surface area contributed by atoms with Crippen LogP contribution >= 0.6 is 0 Å². The molecule has 12 heteroatoms. The number of carbonyl (C=O) groups is 4. The van der Waals surface area contributed by atoms with E-state index in [0.29, 0.717) is 58.9 Å². The molecule has 0 aliphatic rings. The van der Waals surface area contributed by atoms with Crippen molar-refractivity contribution in [2.45, 2.75) is 39.0 Å². The zero-order chi connectivity index (χ0) is 24.6. The van der Waals surface area contributed by atoms with Gasteiger partial charge in [0.25, 0.3) is 0 Å². The molecule has 0 aliphatic heterocycles. The summed E-state index contributed by atoms with van der Waals surface area (Å²) in [5.74, 6) is -1.32. The standard InChI is InChI=1S/C21H39N3O9/c1-2-18(25)23-8-10-30-12-15-33-17-20(27)24-9-11-31-13-14-32-16-19(26)22-7-5-3-4-6-21(28)29/h2-17H2,1H3,(H,22,26)(H,23,25)(H,24,27)(H,28,29). The van der Waals surface area contributed by atoms with Gasteiger partial charge in [0.05, 0.1) is 39.6 Å². The van der Waals surface area contributed by atoms with Crippen molar-refractivity contribution in [2.75, 3.05) is 72.5 Å². The molecule has 0 rings (SSSR count). The summed E-state index contributed by atoms with van der Waals surface area (Å²) < 4.78 is 21.0. The van der Waals surface area contributed by atoms with Crippen LogP contribution < -0.4 is 16.0 Å². The maximum atomic E-state index is 11.6. The quantitative estimate of drug-likeness (QED) is 0.142. The summed E-state index contributed by atoms with van der Waals surface area (Å²) in [7, 11) is 0. The number of rotatable bonds is 23. The van der Waals surface area contributed by atoms with Gasteiger partial charge in [-0.05, 0) is 12.8 Å². The Balaban J connectivity index is 3.31. The minimum absolute atomic E-state index is 0.0230. The summed E-state index contributed by atoms with van der Waals surface area (Å²) in [6.45, 7) is 4.78. The van der Waals surface area contributed by atoms with E-state index in [1.165, 1.54) is 0 Å². The predicted molar refractivity (Wildman–Crippen MR) is 119 cm³/mol. The van der Waals surface area contributed by atoms with Gasteiger partial charge in [-0.25, -0.2) is 0 Å². The van der Waals surface area contributed by atoms with E-state index < -0.39 is 5.97 Å². The lowest BCUT2D eigenvalue weighted by atomic mass is 10.2. The van der Waals surface area contributed by atoms with Crippen molar-refractivity contribution in [2.24, 2.45) is 0 Å². The van der Waals surface area contributed by atoms with Crippen LogP contribution in [0.2, 0.25) is 0 Å². The van der Waals surface area contributed by atoms with E-state index in [2.05, 4.69) is 16.0 Å². The topological polar surface area (TPSA) is 162 Å². The molecule has 0 aliphatic carbocycles. The Labute approximate surface area is 195 Å². The molecule has 4 N–H and O–H groups in total. The fourth-order valence-corrected chi connectivity index (χ4v) is 2.33. The first kappa shape index (κ1) is 30.7. The Morgan fingerprint density at radius 3 is 1.61 bits per heavy atom. The number of hydrogen-bond acceptors (Lipinski definition) is 8. The second-order valence-corrected chi connectivity index (χ2v) is 6.94. The fraction of sp³-hybridized carbons (Fsp3) is 0.810. The molecule has 0 fully saturated rings. The van der Waals surface area contributed by atoms with Gasteiger partial charge in [-0.2, -0.15) is 0 Å². The molecule has 0 spiro atoms. The van der Waals surface area contributed by atoms with E-state index in [1.54, 1.807) is 6.92 Å². The van der Waals surface area contributed by atoms with Crippen LogP contribution in [-0.2, 0) is 38.1 Å². The van der Waals surface area contributed by atoms with Crippen LogP contribution in [-0.4, -0.2) is 101 Å². The molecule has 0 atom stereocenters. The first-order valence-electron chi connectivity index (χ1n) is 11.3. The lowest BCUT2D eigenvalue weighted by Gasteiger charge is -2.09. The number of carboxylic acids is 1. The summed E-state index contributed by atoms with van der Waals surface area (Å²) in [6.07, 6.45) is 2.67. The zero-order valence-corrected chi connectivity index (χ0v) is 19.5. The van der Waals surface area contributed by atoms with Crippen LogP contribution in [0.3, 0.4) is 0 Å². The van der Waals surface area contributed by atoms with E-state index in [-0.39, 0.29) is 50.6 Å². The second-order valence-electron chi connectivity index (χ2n) is 6.94. The number of amides is 3. The molecule has 0 aromatic rings. The van der Waals surface area contributed by atoms with E-state index in [9.17, 15) is 19.2 Å². The van der Waals surface area contributed by atoms with Crippen LogP contribution in [0.25, 0.3) is 0 Å². The van der Waals surface area contributed by atoms with Crippen LogP contribution in [0.15, 0.2) is 0 Å². The van der Waals surface area contributed by atoms with Crippen LogP contribution in [0.1, 0.15) is 39.0 Å². The van der Waals surface area contributed by atoms with E-state index >= 15 is 0 Å². The lowest BCUT2D eigenvalue weighted by Crippen LogP contribution is -2.31. The normalized spacial score (nSPS) is 10.6. The summed E-state index contributed by atoms with van der Waals surface area (Å²) in [6, 6.07) is 0. The predicted octanol–water partition coefficient (Wildman–Crippen LogP) is -0.544. The monoisotopic (exact) mass is 477 g/mol. The number of nitrogens with one attached hydrogen (secondary N) is 3. The average molecular weight is 478 g/mol. The van der Waals surface area contributed by atoms with Crippen molar-refractivity contribution >= 4 is 23.7 Å². The molecule has 3 amide bonds. The van der Waals surface area contributed by atoms with Gasteiger partial charge in [-0.15, -0.1) is 0 Å². The van der Waals surface area contributed by atoms with Gasteiger partial charge in [-0.3, -0.25) is 19.2 Å². The highest BCUT2D eigenvalue weighted by atomic mass is 16.5. The molecule has 0 saturated carbocycles. The molecule has 0 unspecified atom stereocenters. The van der Waals surface area contributed by atoms with Crippen LogP contribution in [0.4, 0.5) is 0 Å². The maximum Gasteiger partial charge on any atom is 0.303 e. The van der Waals surface area contributed by atoms with Gasteiger partial charge in [-0.1, -0.05) is 13.3 Å². The van der Waals surface area contributed by atoms with Gasteiger partial charge in [0.15, 0.2) is 0 Å². The molecule has 0 bridgehead atoms. The Morgan fingerprint density at radius 2 is 1.09 bits per heavy atom. The Morgan fingerprint density at radius 1 is 0.606 bits per heavy atom. The van der Waals surface area contributed by atoms with Crippen molar-refractivity contribution in [1.29, 1.82) is 0 Å². The summed E-state index contributed by atoms with van der Waals surface area (Å²) >= 11 is 0. The van der Waals surface area contributed by atoms with Gasteiger partial charge >= 0.3 is 5.97 Å². The van der Waals surface area contributed by atoms with E-state index in [4.69, 9.17) is 24.1 Å². The molecule has 0 radical (unpaired) electrons. The highest BCUT2D eigenvalue weighted by Gasteiger charge is 2.03. The van der Waals surface area contributed by atoms with Crippen molar-refractivity contribution in [3.05, 3.63) is 0 Å². The van der Waals surface area contributed by atoms with E-state index in [1.807, 2.05) is 0 Å². The number of hydrogen-bond donors (Lipinski definition) is 4. The maximum absolute atomic E-state index is 11.6. The molecular weight excluding hydrogens is 438 g/mol. The van der Waals surface area contributed by atoms with Gasteiger partial charge in [0.1, 0.15) is 13.2 Å². The fourth-order valence-electron chi connectivity index (χ4n) is 2.33. The second kappa shape index (κ2) is 22.9. The number of aliphatic carboxylic acids is 1. The number of carbonyl (C=O) groups excluding carboxylic acids is 3. The minimum atomic E-state index is -0.809. The van der Waals surface area contributed by atoms with E-state index in [0.717, 1.165) is 12.8 Å². The molecular formula is C21H39N3O9. The van der Waals surface area contributed by atoms with Crippen molar-refractivity contribution in [1.82, 2.24) is 16.0 Å². The zero-order valence-electron chi connectivity index (χ0n) is 19.5. The Hall–Kier alpha value is -2.28. The first-order chi connectivity index (χ1) is 16.0. The molecule has 192 valence electrons. The molecule has 0 aromatic carbocycles. The highest BCUT2D eigenvalue weighted by molar-refractivity contribution is 5.77. The van der Waals surface area contributed by atoms with Gasteiger partial charge in [0.2, 0.25) is 17.7 Å². The summed E-state index contributed by atoms with van der Waals surface area (Å²) in [4.78, 5) is 44.5. The third-order valence-electron chi connectivity index (χ3n) is 4.06. The van der Waals surface area contributed by atoms with Gasteiger partial charge < -0.3 is 40.0 Å². The Kier molecular flexibility index (Phi) is 21.3. The van der Waals surface area contributed by atoms with Crippen LogP contribution in [0.5, 0.6) is 0 Å². The number of unbranched alkanes of at least 4 members (excludes halogenated alkanes) is 2. The largest absolute Gasteiger partial charge is 0.481 e. The van der Waals surface area contributed by atoms with Crippen molar-refractivity contribution in [3.63, 3.8) is 0 Å².